The molecule has 0 aliphatic carbocycles. The van der Waals surface area contributed by atoms with Crippen molar-refractivity contribution in [2.75, 3.05) is 26.8 Å². The summed E-state index contributed by atoms with van der Waals surface area (Å²) in [5, 5.41) is 8.90. The SMILES string of the molecule is COc1ccnc(C(=O)N2CCC[C@@H](CCCO)C2)c1. The molecule has 1 saturated heterocycles. The van der Waals surface area contributed by atoms with Crippen LogP contribution in [0.4, 0.5) is 0 Å². The number of piperidine rings is 1. The maximum Gasteiger partial charge on any atom is 0.272 e. The Labute approximate surface area is 119 Å². The summed E-state index contributed by atoms with van der Waals surface area (Å²) >= 11 is 0. The lowest BCUT2D eigenvalue weighted by Crippen LogP contribution is -2.40. The quantitative estimate of drug-likeness (QED) is 0.890. The fraction of sp³-hybridized carbons (Fsp3) is 0.600. The van der Waals surface area contributed by atoms with Crippen LogP contribution in [-0.4, -0.2) is 47.7 Å². The Hall–Kier alpha value is -1.62. The zero-order chi connectivity index (χ0) is 14.4. The number of aliphatic hydroxyl groups excluding tert-OH is 1. The van der Waals surface area contributed by atoms with Gasteiger partial charge in [0.15, 0.2) is 0 Å². The van der Waals surface area contributed by atoms with Crippen molar-refractivity contribution in [3.05, 3.63) is 24.0 Å². The molecule has 0 bridgehead atoms. The number of methoxy groups -OCH3 is 1. The first-order chi connectivity index (χ1) is 9.74. The smallest absolute Gasteiger partial charge is 0.272 e. The highest BCUT2D eigenvalue weighted by Crippen LogP contribution is 2.22. The van der Waals surface area contributed by atoms with Crippen LogP contribution in [0.1, 0.15) is 36.2 Å². The van der Waals surface area contributed by atoms with Crippen LogP contribution in [0.25, 0.3) is 0 Å². The van der Waals surface area contributed by atoms with Crippen molar-refractivity contribution in [2.24, 2.45) is 5.92 Å². The summed E-state index contributed by atoms with van der Waals surface area (Å²) in [6.45, 7) is 1.77. The molecule has 1 N–H and O–H groups in total. The molecule has 20 heavy (non-hydrogen) atoms. The van der Waals surface area contributed by atoms with Gasteiger partial charge in [0.05, 0.1) is 7.11 Å². The van der Waals surface area contributed by atoms with Crippen LogP contribution in [0.3, 0.4) is 0 Å². The number of rotatable bonds is 5. The van der Waals surface area contributed by atoms with Gasteiger partial charge in [0, 0.05) is 32.0 Å². The van der Waals surface area contributed by atoms with Gasteiger partial charge >= 0.3 is 0 Å². The molecule has 0 saturated carbocycles. The van der Waals surface area contributed by atoms with E-state index in [9.17, 15) is 4.79 Å². The third-order valence-corrected chi connectivity index (χ3v) is 3.76. The zero-order valence-electron chi connectivity index (χ0n) is 11.9. The monoisotopic (exact) mass is 278 g/mol. The summed E-state index contributed by atoms with van der Waals surface area (Å²) in [5.74, 6) is 1.11. The molecule has 0 spiro atoms. The highest BCUT2D eigenvalue weighted by atomic mass is 16.5. The van der Waals surface area contributed by atoms with Gasteiger partial charge in [0.25, 0.3) is 5.91 Å². The molecule has 1 aromatic rings. The first-order valence-corrected chi connectivity index (χ1v) is 7.14. The van der Waals surface area contributed by atoms with E-state index in [1.807, 2.05) is 4.90 Å². The van der Waals surface area contributed by atoms with Gasteiger partial charge in [-0.25, -0.2) is 0 Å². The highest BCUT2D eigenvalue weighted by molar-refractivity contribution is 5.92. The predicted molar refractivity (Wildman–Crippen MR) is 75.7 cm³/mol. The van der Waals surface area contributed by atoms with Crippen molar-refractivity contribution in [1.82, 2.24) is 9.88 Å². The maximum atomic E-state index is 12.4. The largest absolute Gasteiger partial charge is 0.497 e. The Kier molecular flexibility index (Phi) is 5.35. The normalized spacial score (nSPS) is 18.9. The van der Waals surface area contributed by atoms with E-state index >= 15 is 0 Å². The number of aliphatic hydroxyl groups is 1. The van der Waals surface area contributed by atoms with Gasteiger partial charge in [-0.1, -0.05) is 0 Å². The topological polar surface area (TPSA) is 62.7 Å². The van der Waals surface area contributed by atoms with E-state index in [0.717, 1.165) is 38.8 Å². The first kappa shape index (κ1) is 14.8. The standard InChI is InChI=1S/C15H22N2O3/c1-20-13-6-7-16-14(10-13)15(19)17-8-2-4-12(11-17)5-3-9-18/h6-7,10,12,18H,2-5,8-9,11H2,1H3/t12-/m0/s1. The second-order valence-electron chi connectivity index (χ2n) is 5.21. The molecule has 2 heterocycles. The Balaban J connectivity index is 2.00. The fourth-order valence-corrected chi connectivity index (χ4v) is 2.68. The molecule has 1 amide bonds. The molecule has 0 unspecified atom stereocenters. The van der Waals surface area contributed by atoms with Crippen molar-refractivity contribution >= 4 is 5.91 Å². The van der Waals surface area contributed by atoms with Gasteiger partial charge in [0.2, 0.25) is 0 Å². The van der Waals surface area contributed by atoms with Gasteiger partial charge in [-0.05, 0) is 37.7 Å². The van der Waals surface area contributed by atoms with E-state index in [0.29, 0.717) is 17.4 Å². The summed E-state index contributed by atoms with van der Waals surface area (Å²) in [7, 11) is 1.58. The van der Waals surface area contributed by atoms with Crippen LogP contribution >= 0.6 is 0 Å². The van der Waals surface area contributed by atoms with E-state index in [-0.39, 0.29) is 12.5 Å². The molecule has 1 aromatic heterocycles. The van der Waals surface area contributed by atoms with E-state index < -0.39 is 0 Å². The molecule has 5 heteroatoms. The molecule has 1 fully saturated rings. The average Bonchev–Trinajstić information content (AvgIpc) is 2.52. The summed E-state index contributed by atoms with van der Waals surface area (Å²) in [6.07, 6.45) is 5.54. The minimum absolute atomic E-state index is 0.0300. The molecule has 110 valence electrons. The number of nitrogens with zero attached hydrogens (tertiary/aromatic N) is 2. The maximum absolute atomic E-state index is 12.4. The Bertz CT molecular complexity index is 450. The summed E-state index contributed by atoms with van der Waals surface area (Å²) < 4.78 is 5.13. The Morgan fingerprint density at radius 2 is 2.45 bits per heavy atom. The summed E-state index contributed by atoms with van der Waals surface area (Å²) in [4.78, 5) is 18.5. The molecule has 2 rings (SSSR count). The minimum Gasteiger partial charge on any atom is -0.497 e. The van der Waals surface area contributed by atoms with Gasteiger partial charge in [0.1, 0.15) is 11.4 Å². The van der Waals surface area contributed by atoms with Crippen molar-refractivity contribution in [2.45, 2.75) is 25.7 Å². The number of carbonyl (C=O) groups excluding carboxylic acids is 1. The average molecular weight is 278 g/mol. The number of amides is 1. The molecular formula is C15H22N2O3. The van der Waals surface area contributed by atoms with Gasteiger partial charge in [-0.15, -0.1) is 0 Å². The van der Waals surface area contributed by atoms with Crippen LogP contribution in [-0.2, 0) is 0 Å². The zero-order valence-corrected chi connectivity index (χ0v) is 11.9. The lowest BCUT2D eigenvalue weighted by atomic mass is 9.93. The molecule has 0 radical (unpaired) electrons. The minimum atomic E-state index is -0.0300. The number of likely N-dealkylation sites (tertiary alicyclic amines) is 1. The van der Waals surface area contributed by atoms with Crippen LogP contribution in [0.15, 0.2) is 18.3 Å². The van der Waals surface area contributed by atoms with Crippen molar-refractivity contribution in [3.8, 4) is 5.75 Å². The molecular weight excluding hydrogens is 256 g/mol. The number of hydrogen-bond donors (Lipinski definition) is 1. The Morgan fingerprint density at radius 1 is 1.60 bits per heavy atom. The molecule has 1 aliphatic rings. The van der Waals surface area contributed by atoms with E-state index in [2.05, 4.69) is 4.98 Å². The lowest BCUT2D eigenvalue weighted by molar-refractivity contribution is 0.0657. The molecule has 5 nitrogen and oxygen atoms in total. The van der Waals surface area contributed by atoms with E-state index in [1.165, 1.54) is 0 Å². The lowest BCUT2D eigenvalue weighted by Gasteiger charge is -2.32. The van der Waals surface area contributed by atoms with Gasteiger partial charge < -0.3 is 14.7 Å². The molecule has 0 aromatic carbocycles. The van der Waals surface area contributed by atoms with Crippen LogP contribution in [0, 0.1) is 5.92 Å². The fourth-order valence-electron chi connectivity index (χ4n) is 2.68. The first-order valence-electron chi connectivity index (χ1n) is 7.14. The highest BCUT2D eigenvalue weighted by Gasteiger charge is 2.25. The second kappa shape index (κ2) is 7.24. The van der Waals surface area contributed by atoms with Crippen LogP contribution < -0.4 is 4.74 Å². The van der Waals surface area contributed by atoms with E-state index in [4.69, 9.17) is 9.84 Å². The number of carbonyl (C=O) groups is 1. The number of ether oxygens (including phenoxy) is 1. The Morgan fingerprint density at radius 3 is 3.20 bits per heavy atom. The number of pyridine rings is 1. The third kappa shape index (κ3) is 3.70. The van der Waals surface area contributed by atoms with E-state index in [1.54, 1.807) is 25.4 Å². The molecule has 1 atom stereocenters. The third-order valence-electron chi connectivity index (χ3n) is 3.76. The predicted octanol–water partition coefficient (Wildman–Crippen LogP) is 1.71. The van der Waals surface area contributed by atoms with Gasteiger partial charge in [-0.3, -0.25) is 9.78 Å². The number of aromatic nitrogens is 1. The van der Waals surface area contributed by atoms with Crippen molar-refractivity contribution in [1.29, 1.82) is 0 Å². The second-order valence-corrected chi connectivity index (χ2v) is 5.21. The van der Waals surface area contributed by atoms with Gasteiger partial charge in [-0.2, -0.15) is 0 Å². The van der Waals surface area contributed by atoms with Crippen LogP contribution in [0.5, 0.6) is 5.75 Å². The van der Waals surface area contributed by atoms with Crippen LogP contribution in [0.2, 0.25) is 0 Å². The number of hydrogen-bond acceptors (Lipinski definition) is 4. The van der Waals surface area contributed by atoms with Crippen molar-refractivity contribution in [3.63, 3.8) is 0 Å². The summed E-state index contributed by atoms with van der Waals surface area (Å²) in [6, 6.07) is 3.41. The summed E-state index contributed by atoms with van der Waals surface area (Å²) in [5.41, 5.74) is 0.437. The van der Waals surface area contributed by atoms with Crippen molar-refractivity contribution < 1.29 is 14.6 Å². The molecule has 1 aliphatic heterocycles.